The van der Waals surface area contributed by atoms with Gasteiger partial charge in [0.2, 0.25) is 0 Å². The van der Waals surface area contributed by atoms with Crippen molar-refractivity contribution >= 4 is 21.6 Å². The minimum atomic E-state index is -3.68. The number of carboxylic acids is 1. The van der Waals surface area contributed by atoms with Crippen molar-refractivity contribution in [2.45, 2.75) is 50.3 Å². The third-order valence-corrected chi connectivity index (χ3v) is 6.26. The Labute approximate surface area is 173 Å². The van der Waals surface area contributed by atoms with Gasteiger partial charge in [0.1, 0.15) is 0 Å². The number of benzene rings is 1. The molecule has 1 aromatic rings. The zero-order valence-electron chi connectivity index (χ0n) is 17.0. The molecule has 8 heteroatoms. The second-order valence-corrected chi connectivity index (χ2v) is 9.22. The summed E-state index contributed by atoms with van der Waals surface area (Å²) in [6, 6.07) is 6.09. The fraction of sp³-hybridized carbons (Fsp3) is 0.524. The number of aryl methyl sites for hydroxylation is 1. The highest BCUT2D eigenvalue weighted by Crippen LogP contribution is 2.12. The minimum absolute atomic E-state index is 0.0468. The molecule has 0 fully saturated rings. The van der Waals surface area contributed by atoms with Gasteiger partial charge in [0.25, 0.3) is 0 Å². The number of hydrogen-bond acceptors (Lipinski definition) is 6. The van der Waals surface area contributed by atoms with Crippen LogP contribution in [0.5, 0.6) is 0 Å². The van der Waals surface area contributed by atoms with Crippen molar-refractivity contribution < 1.29 is 18.3 Å². The van der Waals surface area contributed by atoms with Crippen molar-refractivity contribution in [1.82, 2.24) is 10.6 Å². The van der Waals surface area contributed by atoms with Gasteiger partial charge < -0.3 is 15.7 Å². The molecule has 0 atom stereocenters. The van der Waals surface area contributed by atoms with Crippen molar-refractivity contribution in [3.63, 3.8) is 0 Å². The van der Waals surface area contributed by atoms with Crippen molar-refractivity contribution in [3.8, 4) is 0 Å². The number of carbonyl (C=O) groups is 1. The Morgan fingerprint density at radius 3 is 2.41 bits per heavy atom. The summed E-state index contributed by atoms with van der Waals surface area (Å²) in [5.74, 6) is -0.987. The Bertz CT molecular complexity index is 804. The second-order valence-electron chi connectivity index (χ2n) is 7.23. The maximum atomic E-state index is 11.4. The lowest BCUT2D eigenvalue weighted by atomic mass is 10.1. The lowest BCUT2D eigenvalue weighted by molar-refractivity contribution is -0.134. The van der Waals surface area contributed by atoms with E-state index in [1.807, 2.05) is 6.92 Å². The van der Waals surface area contributed by atoms with Crippen LogP contribution in [-0.2, 0) is 14.6 Å². The van der Waals surface area contributed by atoms with E-state index in [4.69, 9.17) is 5.11 Å². The summed E-state index contributed by atoms with van der Waals surface area (Å²) in [5, 5.41) is 15.2. The van der Waals surface area contributed by atoms with Crippen molar-refractivity contribution in [2.24, 2.45) is 4.99 Å². The first-order chi connectivity index (χ1) is 13.9. The molecule has 1 aromatic carbocycles. The molecule has 2 aliphatic rings. The van der Waals surface area contributed by atoms with Crippen LogP contribution in [0.25, 0.3) is 0 Å². The lowest BCUT2D eigenvalue weighted by Crippen LogP contribution is -2.29. The third-order valence-electron chi connectivity index (χ3n) is 4.64. The summed E-state index contributed by atoms with van der Waals surface area (Å²) in [6.07, 6.45) is 9.58. The summed E-state index contributed by atoms with van der Waals surface area (Å²) < 4.78 is 22.7. The molecule has 160 valence electrons. The van der Waals surface area contributed by atoms with Crippen LogP contribution < -0.4 is 10.6 Å². The average molecular weight is 422 g/mol. The SMILES string of the molecule is C1=C(CCCC2=NCCCN2)NCCC1.Cc1ccc(S(=O)(=O)CC(=O)O)cc1. The summed E-state index contributed by atoms with van der Waals surface area (Å²) in [6.45, 7) is 5.11. The molecule has 7 nitrogen and oxygen atoms in total. The number of aliphatic imine (C=N–C) groups is 1. The van der Waals surface area contributed by atoms with E-state index in [1.165, 1.54) is 55.8 Å². The highest BCUT2D eigenvalue weighted by atomic mass is 32.2. The number of carboxylic acid groups (broad SMARTS) is 1. The number of hydrogen-bond donors (Lipinski definition) is 3. The zero-order valence-corrected chi connectivity index (χ0v) is 17.8. The largest absolute Gasteiger partial charge is 0.480 e. The van der Waals surface area contributed by atoms with Crippen LogP contribution in [0.1, 0.15) is 44.1 Å². The van der Waals surface area contributed by atoms with Crippen LogP contribution in [-0.4, -0.2) is 50.7 Å². The van der Waals surface area contributed by atoms with Crippen LogP contribution in [0.15, 0.2) is 45.9 Å². The number of allylic oxidation sites excluding steroid dienone is 2. The average Bonchev–Trinajstić information content (AvgIpc) is 2.69. The first kappa shape index (κ1) is 22.9. The van der Waals surface area contributed by atoms with E-state index in [9.17, 15) is 13.2 Å². The van der Waals surface area contributed by atoms with E-state index in [0.717, 1.165) is 31.6 Å². The van der Waals surface area contributed by atoms with Gasteiger partial charge in [-0.15, -0.1) is 0 Å². The molecule has 0 saturated heterocycles. The highest BCUT2D eigenvalue weighted by molar-refractivity contribution is 7.92. The standard InChI is InChI=1S/C12H21N3.C9H10O4S/c1-2-8-13-11(5-1)6-3-7-12-14-9-4-10-15-12;1-7-2-4-8(5-3-7)14(12,13)6-9(10)11/h5,13H,1-4,6-10H2,(H,14,15);2-5H,6H2,1H3,(H,10,11). The summed E-state index contributed by atoms with van der Waals surface area (Å²) in [5.41, 5.74) is 2.37. The molecule has 2 heterocycles. The molecule has 3 N–H and O–H groups in total. The van der Waals surface area contributed by atoms with Gasteiger partial charge in [-0.3, -0.25) is 9.79 Å². The molecule has 0 amide bonds. The van der Waals surface area contributed by atoms with Crippen LogP contribution in [0.2, 0.25) is 0 Å². The van der Waals surface area contributed by atoms with Gasteiger partial charge >= 0.3 is 5.97 Å². The Morgan fingerprint density at radius 1 is 1.10 bits per heavy atom. The molecule has 29 heavy (non-hydrogen) atoms. The lowest BCUT2D eigenvalue weighted by Gasteiger charge is -2.17. The number of aliphatic carboxylic acids is 1. The molecule has 3 rings (SSSR count). The van der Waals surface area contributed by atoms with Crippen molar-refractivity contribution in [2.75, 3.05) is 25.4 Å². The molecule has 0 spiro atoms. The van der Waals surface area contributed by atoms with E-state index in [-0.39, 0.29) is 4.90 Å². The summed E-state index contributed by atoms with van der Waals surface area (Å²) in [7, 11) is -3.68. The van der Waals surface area contributed by atoms with Gasteiger partial charge in [-0.2, -0.15) is 0 Å². The first-order valence-corrected chi connectivity index (χ1v) is 11.7. The topological polar surface area (TPSA) is 108 Å². The Balaban J connectivity index is 0.000000208. The van der Waals surface area contributed by atoms with Gasteiger partial charge in [0.15, 0.2) is 15.6 Å². The van der Waals surface area contributed by atoms with Crippen LogP contribution in [0.3, 0.4) is 0 Å². The molecule has 2 aliphatic heterocycles. The highest BCUT2D eigenvalue weighted by Gasteiger charge is 2.18. The van der Waals surface area contributed by atoms with Crippen molar-refractivity contribution in [3.05, 3.63) is 41.6 Å². The predicted molar refractivity (Wildman–Crippen MR) is 115 cm³/mol. The quantitative estimate of drug-likeness (QED) is 0.625. The zero-order chi connectivity index (χ0) is 21.1. The molecule has 0 aliphatic carbocycles. The van der Waals surface area contributed by atoms with Crippen molar-refractivity contribution in [1.29, 1.82) is 0 Å². The minimum Gasteiger partial charge on any atom is -0.480 e. The van der Waals surface area contributed by atoms with Gasteiger partial charge in [0, 0.05) is 31.8 Å². The van der Waals surface area contributed by atoms with Gasteiger partial charge in [-0.1, -0.05) is 23.8 Å². The normalized spacial score (nSPS) is 16.3. The maximum Gasteiger partial charge on any atom is 0.319 e. The summed E-state index contributed by atoms with van der Waals surface area (Å²) >= 11 is 0. The van der Waals surface area contributed by atoms with Gasteiger partial charge in [0.05, 0.1) is 10.7 Å². The number of nitrogens with zero attached hydrogens (tertiary/aromatic N) is 1. The first-order valence-electron chi connectivity index (χ1n) is 10.1. The van der Waals surface area contributed by atoms with Crippen LogP contribution >= 0.6 is 0 Å². The molecule has 0 radical (unpaired) electrons. The Morgan fingerprint density at radius 2 is 1.83 bits per heavy atom. The molecular formula is C21H31N3O4S. The molecule has 0 unspecified atom stereocenters. The van der Waals surface area contributed by atoms with E-state index in [0.29, 0.717) is 0 Å². The fourth-order valence-corrected chi connectivity index (χ4v) is 4.12. The number of sulfone groups is 1. The molecule has 0 bridgehead atoms. The number of amidine groups is 1. The van der Waals surface area contributed by atoms with Gasteiger partial charge in [-0.25, -0.2) is 8.42 Å². The maximum absolute atomic E-state index is 11.4. The predicted octanol–water partition coefficient (Wildman–Crippen LogP) is 2.67. The monoisotopic (exact) mass is 421 g/mol. The third kappa shape index (κ3) is 8.68. The Kier molecular flexibility index (Phi) is 9.18. The van der Waals surface area contributed by atoms with E-state index < -0.39 is 21.6 Å². The second kappa shape index (κ2) is 11.6. The summed E-state index contributed by atoms with van der Waals surface area (Å²) in [4.78, 5) is 14.8. The molecule has 0 aromatic heterocycles. The smallest absolute Gasteiger partial charge is 0.319 e. The Hall–Kier alpha value is -2.35. The van der Waals surface area contributed by atoms with Gasteiger partial charge in [-0.05, 0) is 51.2 Å². The molecular weight excluding hydrogens is 390 g/mol. The van der Waals surface area contributed by atoms with E-state index in [2.05, 4.69) is 21.7 Å². The van der Waals surface area contributed by atoms with E-state index >= 15 is 0 Å². The number of nitrogens with one attached hydrogen (secondary N) is 2. The number of rotatable bonds is 7. The molecule has 0 saturated carbocycles. The van der Waals surface area contributed by atoms with E-state index in [1.54, 1.807) is 12.1 Å². The van der Waals surface area contributed by atoms with Crippen LogP contribution in [0.4, 0.5) is 0 Å². The fourth-order valence-electron chi connectivity index (χ4n) is 3.08. The van der Waals surface area contributed by atoms with Crippen LogP contribution in [0, 0.1) is 6.92 Å².